The van der Waals surface area contributed by atoms with Crippen molar-refractivity contribution in [3.63, 3.8) is 0 Å². The first-order chi connectivity index (χ1) is 11.2. The second-order valence-electron chi connectivity index (χ2n) is 5.94. The van der Waals surface area contributed by atoms with E-state index < -0.39 is 0 Å². The van der Waals surface area contributed by atoms with Crippen molar-refractivity contribution < 1.29 is 4.79 Å². The van der Waals surface area contributed by atoms with Crippen molar-refractivity contribution in [1.82, 2.24) is 14.9 Å². The molecule has 2 aliphatic heterocycles. The Morgan fingerprint density at radius 2 is 2.00 bits per heavy atom. The summed E-state index contributed by atoms with van der Waals surface area (Å²) in [7, 11) is 0. The summed E-state index contributed by atoms with van der Waals surface area (Å²) in [5.41, 5.74) is 3.07. The standard InChI is InChI=1S/C17H19N5O.ClH/c1-3-9-21-16-13(15-18-8-10-22(15)17(21)23)19-14(20-16)12-6-4-11(2)5-7-12;/h4-7H,3,8-10H2,1-2H3,(H,19,20);1H. The number of imidazole rings is 1. The van der Waals surface area contributed by atoms with Crippen LogP contribution in [0.4, 0.5) is 10.6 Å². The zero-order chi connectivity index (χ0) is 16.0. The molecule has 24 heavy (non-hydrogen) atoms. The quantitative estimate of drug-likeness (QED) is 0.928. The van der Waals surface area contributed by atoms with Gasteiger partial charge in [0.1, 0.15) is 11.5 Å². The zero-order valence-corrected chi connectivity index (χ0v) is 14.6. The summed E-state index contributed by atoms with van der Waals surface area (Å²) in [5, 5.41) is 0. The Balaban J connectivity index is 0.00000169. The Labute approximate surface area is 147 Å². The van der Waals surface area contributed by atoms with Crippen molar-refractivity contribution in [2.24, 2.45) is 4.99 Å². The minimum atomic E-state index is -0.0162. The number of aliphatic imine (C=N–C) groups is 1. The summed E-state index contributed by atoms with van der Waals surface area (Å²) in [6, 6.07) is 8.19. The smallest absolute Gasteiger partial charge is 0.331 e. The third-order valence-corrected chi connectivity index (χ3v) is 4.24. The number of amidine groups is 1. The van der Waals surface area contributed by atoms with Crippen molar-refractivity contribution in [3.8, 4) is 11.4 Å². The molecule has 6 nitrogen and oxygen atoms in total. The van der Waals surface area contributed by atoms with Crippen LogP contribution in [0.3, 0.4) is 0 Å². The van der Waals surface area contributed by atoms with E-state index in [0.717, 1.165) is 29.3 Å². The number of urea groups is 1. The van der Waals surface area contributed by atoms with Gasteiger partial charge in [-0.3, -0.25) is 14.8 Å². The summed E-state index contributed by atoms with van der Waals surface area (Å²) >= 11 is 0. The van der Waals surface area contributed by atoms with Crippen LogP contribution < -0.4 is 4.90 Å². The fourth-order valence-electron chi connectivity index (χ4n) is 3.07. The molecule has 1 N–H and O–H groups in total. The Hall–Kier alpha value is -2.34. The van der Waals surface area contributed by atoms with Crippen molar-refractivity contribution in [2.75, 3.05) is 24.5 Å². The van der Waals surface area contributed by atoms with Gasteiger partial charge in [-0.15, -0.1) is 12.4 Å². The average molecular weight is 346 g/mol. The van der Waals surface area contributed by atoms with E-state index in [4.69, 9.17) is 4.98 Å². The number of nitrogens with zero attached hydrogens (tertiary/aromatic N) is 4. The number of hydrogen-bond acceptors (Lipinski definition) is 3. The number of carbonyl (C=O) groups is 1. The summed E-state index contributed by atoms with van der Waals surface area (Å²) in [6.45, 7) is 6.08. The monoisotopic (exact) mass is 345 g/mol. The van der Waals surface area contributed by atoms with Gasteiger partial charge in [0.2, 0.25) is 0 Å². The number of halogens is 1. The number of carbonyl (C=O) groups excluding carboxylic acids is 1. The number of hydrogen-bond donors (Lipinski definition) is 1. The van der Waals surface area contributed by atoms with Crippen LogP contribution >= 0.6 is 12.4 Å². The first kappa shape index (κ1) is 16.5. The van der Waals surface area contributed by atoms with Gasteiger partial charge in [0.15, 0.2) is 11.7 Å². The molecule has 0 bridgehead atoms. The lowest BCUT2D eigenvalue weighted by Crippen LogP contribution is -2.50. The molecule has 0 radical (unpaired) electrons. The van der Waals surface area contributed by atoms with Crippen molar-refractivity contribution >= 4 is 30.1 Å². The molecule has 0 saturated heterocycles. The SMILES string of the molecule is CCCN1C(=O)N2CCN=C2c2[nH]c(-c3ccc(C)cc3)nc21.Cl. The zero-order valence-electron chi connectivity index (χ0n) is 13.7. The minimum absolute atomic E-state index is 0. The molecule has 4 rings (SSSR count). The minimum Gasteiger partial charge on any atom is -0.334 e. The van der Waals surface area contributed by atoms with E-state index in [9.17, 15) is 4.79 Å². The van der Waals surface area contributed by atoms with Gasteiger partial charge in [0.05, 0.1) is 6.54 Å². The van der Waals surface area contributed by atoms with Gasteiger partial charge in [-0.05, 0) is 13.3 Å². The predicted molar refractivity (Wildman–Crippen MR) is 97.2 cm³/mol. The molecule has 0 aliphatic carbocycles. The molecule has 0 fully saturated rings. The van der Waals surface area contributed by atoms with Gasteiger partial charge < -0.3 is 4.98 Å². The molecule has 1 aromatic heterocycles. The molecule has 1 aromatic carbocycles. The van der Waals surface area contributed by atoms with Crippen LogP contribution in [0.2, 0.25) is 0 Å². The number of aryl methyl sites for hydroxylation is 1. The van der Waals surface area contributed by atoms with Crippen LogP contribution in [0.1, 0.15) is 24.6 Å². The highest BCUT2D eigenvalue weighted by atomic mass is 35.5. The molecule has 7 heteroatoms. The molecule has 126 valence electrons. The van der Waals surface area contributed by atoms with Gasteiger partial charge >= 0.3 is 6.03 Å². The Bertz CT molecular complexity index is 796. The highest BCUT2D eigenvalue weighted by Gasteiger charge is 2.39. The number of rotatable bonds is 3. The molecule has 0 spiro atoms. The fourth-order valence-corrected chi connectivity index (χ4v) is 3.07. The summed E-state index contributed by atoms with van der Waals surface area (Å²) in [4.78, 5) is 28.7. The van der Waals surface area contributed by atoms with Crippen LogP contribution in [-0.4, -0.2) is 46.4 Å². The molecule has 2 aliphatic rings. The van der Waals surface area contributed by atoms with Crippen molar-refractivity contribution in [3.05, 3.63) is 35.5 Å². The van der Waals surface area contributed by atoms with Crippen molar-refractivity contribution in [1.29, 1.82) is 0 Å². The average Bonchev–Trinajstić information content (AvgIpc) is 3.18. The maximum Gasteiger partial charge on any atom is 0.331 e. The number of anilines is 1. The van der Waals surface area contributed by atoms with E-state index >= 15 is 0 Å². The van der Waals surface area contributed by atoms with Gasteiger partial charge in [0.25, 0.3) is 0 Å². The van der Waals surface area contributed by atoms with Crippen LogP contribution in [0.25, 0.3) is 11.4 Å². The molecular weight excluding hydrogens is 326 g/mol. The molecule has 0 saturated carbocycles. The second kappa shape index (κ2) is 6.28. The van der Waals surface area contributed by atoms with E-state index in [-0.39, 0.29) is 18.4 Å². The highest BCUT2D eigenvalue weighted by Crippen LogP contribution is 2.32. The fraction of sp³-hybridized carbons (Fsp3) is 0.353. The number of amides is 2. The second-order valence-corrected chi connectivity index (χ2v) is 5.94. The maximum absolute atomic E-state index is 12.7. The van der Waals surface area contributed by atoms with Gasteiger partial charge in [-0.1, -0.05) is 36.8 Å². The third kappa shape index (κ3) is 2.47. The molecule has 2 amide bonds. The summed E-state index contributed by atoms with van der Waals surface area (Å²) < 4.78 is 0. The van der Waals surface area contributed by atoms with Crippen LogP contribution in [0, 0.1) is 6.92 Å². The first-order valence-corrected chi connectivity index (χ1v) is 8.00. The predicted octanol–water partition coefficient (Wildman–Crippen LogP) is 3.22. The normalized spacial score (nSPS) is 15.8. The lowest BCUT2D eigenvalue weighted by Gasteiger charge is -2.31. The van der Waals surface area contributed by atoms with E-state index in [0.29, 0.717) is 25.5 Å². The molecule has 2 aromatic rings. The molecule has 3 heterocycles. The maximum atomic E-state index is 12.7. The number of aromatic nitrogens is 2. The largest absolute Gasteiger partial charge is 0.334 e. The van der Waals surface area contributed by atoms with Gasteiger partial charge in [-0.2, -0.15) is 0 Å². The van der Waals surface area contributed by atoms with Crippen LogP contribution in [0.15, 0.2) is 29.3 Å². The molecule has 0 atom stereocenters. The number of nitrogens with one attached hydrogen (secondary N) is 1. The Morgan fingerprint density at radius 3 is 2.71 bits per heavy atom. The topological polar surface area (TPSA) is 64.6 Å². The highest BCUT2D eigenvalue weighted by molar-refractivity contribution is 6.18. The number of benzene rings is 1. The van der Waals surface area contributed by atoms with E-state index in [1.165, 1.54) is 5.56 Å². The Kier molecular flexibility index (Phi) is 4.32. The number of fused-ring (bicyclic) bond motifs is 3. The summed E-state index contributed by atoms with van der Waals surface area (Å²) in [6.07, 6.45) is 0.887. The van der Waals surface area contributed by atoms with E-state index in [1.54, 1.807) is 9.80 Å². The summed E-state index contributed by atoms with van der Waals surface area (Å²) in [5.74, 6) is 2.20. The first-order valence-electron chi connectivity index (χ1n) is 8.00. The van der Waals surface area contributed by atoms with Crippen LogP contribution in [0.5, 0.6) is 0 Å². The van der Waals surface area contributed by atoms with Gasteiger partial charge in [-0.25, -0.2) is 9.78 Å². The lowest BCUT2D eigenvalue weighted by molar-refractivity contribution is 0.228. The molecule has 0 unspecified atom stereocenters. The Morgan fingerprint density at radius 1 is 1.25 bits per heavy atom. The van der Waals surface area contributed by atoms with Gasteiger partial charge in [0, 0.05) is 18.7 Å². The number of aromatic amines is 1. The van der Waals surface area contributed by atoms with Crippen LogP contribution in [-0.2, 0) is 0 Å². The number of H-pyrrole nitrogens is 1. The van der Waals surface area contributed by atoms with E-state index in [1.807, 2.05) is 12.1 Å². The lowest BCUT2D eigenvalue weighted by atomic mass is 10.1. The molecular formula is C17H20ClN5O. The third-order valence-electron chi connectivity index (χ3n) is 4.24. The van der Waals surface area contributed by atoms with E-state index in [2.05, 4.69) is 36.0 Å². The van der Waals surface area contributed by atoms with Crippen molar-refractivity contribution in [2.45, 2.75) is 20.3 Å².